The fourth-order valence-electron chi connectivity index (χ4n) is 2.00. The molecule has 4 nitrogen and oxygen atoms in total. The molecule has 0 saturated carbocycles. The van der Waals surface area contributed by atoms with Gasteiger partial charge in [0.1, 0.15) is 0 Å². The summed E-state index contributed by atoms with van der Waals surface area (Å²) in [4.78, 5) is 11.9. The molecule has 0 fully saturated rings. The Kier molecular flexibility index (Phi) is 5.36. The predicted octanol–water partition coefficient (Wildman–Crippen LogP) is 3.44. The van der Waals surface area contributed by atoms with Crippen LogP contribution in [0.25, 0.3) is 0 Å². The first-order valence-corrected chi connectivity index (χ1v) is 6.71. The molecule has 1 aromatic rings. The highest BCUT2D eigenvalue weighted by Crippen LogP contribution is 2.16. The van der Waals surface area contributed by atoms with E-state index < -0.39 is 6.10 Å². The number of aliphatic hydroxyl groups excluding tert-OH is 1. The molecule has 0 aromatic heterocycles. The number of rotatable bonds is 5. The monoisotopic (exact) mass is 264 g/mol. The molecule has 0 spiro atoms. The highest BCUT2D eigenvalue weighted by atomic mass is 16.3. The highest BCUT2D eigenvalue weighted by molar-refractivity contribution is 5.89. The van der Waals surface area contributed by atoms with Crippen molar-refractivity contribution in [3.05, 3.63) is 29.8 Å². The fraction of sp³-hybridized carbons (Fsp3) is 0.533. The van der Waals surface area contributed by atoms with Gasteiger partial charge >= 0.3 is 6.03 Å². The van der Waals surface area contributed by atoms with E-state index in [4.69, 9.17) is 0 Å². The van der Waals surface area contributed by atoms with Crippen LogP contribution >= 0.6 is 0 Å². The molecule has 0 heterocycles. The average Bonchev–Trinajstić information content (AvgIpc) is 2.28. The SMILES string of the molecule is CCCC(C)(C)NC(=O)Nc1ccc(C(C)O)cc1. The second-order valence-electron chi connectivity index (χ2n) is 5.51. The van der Waals surface area contributed by atoms with Gasteiger partial charge in [-0.1, -0.05) is 25.5 Å². The van der Waals surface area contributed by atoms with Crippen molar-refractivity contribution in [1.82, 2.24) is 5.32 Å². The van der Waals surface area contributed by atoms with E-state index in [-0.39, 0.29) is 11.6 Å². The zero-order chi connectivity index (χ0) is 14.5. The number of nitrogens with one attached hydrogen (secondary N) is 2. The number of carbonyl (C=O) groups is 1. The standard InChI is InChI=1S/C15H24N2O2/c1-5-10-15(3,4)17-14(19)16-13-8-6-12(7-9-13)11(2)18/h6-9,11,18H,5,10H2,1-4H3,(H2,16,17,19). The van der Waals surface area contributed by atoms with Gasteiger partial charge in [-0.3, -0.25) is 0 Å². The van der Waals surface area contributed by atoms with E-state index in [1.54, 1.807) is 31.2 Å². The van der Waals surface area contributed by atoms with Gasteiger partial charge in [0, 0.05) is 11.2 Å². The molecular formula is C15H24N2O2. The summed E-state index contributed by atoms with van der Waals surface area (Å²) in [6, 6.07) is 6.97. The van der Waals surface area contributed by atoms with Gasteiger partial charge in [-0.2, -0.15) is 0 Å². The van der Waals surface area contributed by atoms with Crippen molar-refractivity contribution >= 4 is 11.7 Å². The van der Waals surface area contributed by atoms with E-state index in [9.17, 15) is 9.90 Å². The Balaban J connectivity index is 2.57. The van der Waals surface area contributed by atoms with Crippen molar-refractivity contribution in [2.24, 2.45) is 0 Å². The third-order valence-corrected chi connectivity index (χ3v) is 2.98. The van der Waals surface area contributed by atoms with E-state index in [0.717, 1.165) is 18.4 Å². The first kappa shape index (κ1) is 15.5. The van der Waals surface area contributed by atoms with E-state index in [1.165, 1.54) is 0 Å². The number of carbonyl (C=O) groups excluding carboxylic acids is 1. The summed E-state index contributed by atoms with van der Waals surface area (Å²) < 4.78 is 0. The Labute approximate surface area is 115 Å². The van der Waals surface area contributed by atoms with Crippen molar-refractivity contribution < 1.29 is 9.90 Å². The number of hydrogen-bond acceptors (Lipinski definition) is 2. The Bertz CT molecular complexity index is 411. The van der Waals surface area contributed by atoms with Crippen molar-refractivity contribution in [2.45, 2.75) is 52.2 Å². The first-order chi connectivity index (χ1) is 8.84. The minimum Gasteiger partial charge on any atom is -0.389 e. The molecule has 4 heteroatoms. The minimum absolute atomic E-state index is 0.205. The summed E-state index contributed by atoms with van der Waals surface area (Å²) in [5.41, 5.74) is 1.34. The molecule has 106 valence electrons. The number of urea groups is 1. The van der Waals surface area contributed by atoms with Crippen LogP contribution in [0.2, 0.25) is 0 Å². The molecule has 1 atom stereocenters. The van der Waals surface area contributed by atoms with Gasteiger partial charge in [0.25, 0.3) is 0 Å². The second kappa shape index (κ2) is 6.57. The lowest BCUT2D eigenvalue weighted by Gasteiger charge is -2.25. The van der Waals surface area contributed by atoms with Crippen LogP contribution in [0.15, 0.2) is 24.3 Å². The van der Waals surface area contributed by atoms with Crippen molar-refractivity contribution in [1.29, 1.82) is 0 Å². The van der Waals surface area contributed by atoms with E-state index in [2.05, 4.69) is 17.6 Å². The largest absolute Gasteiger partial charge is 0.389 e. The lowest BCUT2D eigenvalue weighted by atomic mass is 9.99. The molecule has 3 N–H and O–H groups in total. The van der Waals surface area contributed by atoms with Crippen molar-refractivity contribution in [3.63, 3.8) is 0 Å². The molecule has 1 rings (SSSR count). The molecule has 19 heavy (non-hydrogen) atoms. The summed E-state index contributed by atoms with van der Waals surface area (Å²) in [6.07, 6.45) is 1.46. The van der Waals surface area contributed by atoms with Crippen LogP contribution in [0.1, 0.15) is 52.2 Å². The number of hydrogen-bond donors (Lipinski definition) is 3. The summed E-state index contributed by atoms with van der Waals surface area (Å²) in [5, 5.41) is 15.1. The molecule has 0 bridgehead atoms. The molecule has 0 aliphatic rings. The number of benzene rings is 1. The quantitative estimate of drug-likeness (QED) is 0.763. The molecule has 1 aromatic carbocycles. The Morgan fingerprint density at radius 1 is 1.32 bits per heavy atom. The molecule has 1 unspecified atom stereocenters. The Morgan fingerprint density at radius 2 is 1.89 bits per heavy atom. The second-order valence-corrected chi connectivity index (χ2v) is 5.51. The lowest BCUT2D eigenvalue weighted by molar-refractivity contribution is 0.199. The van der Waals surface area contributed by atoms with Crippen LogP contribution in [-0.2, 0) is 0 Å². The Hall–Kier alpha value is -1.55. The molecule has 0 saturated heterocycles. The molecule has 0 aliphatic carbocycles. The van der Waals surface area contributed by atoms with Gasteiger partial charge < -0.3 is 15.7 Å². The van der Waals surface area contributed by atoms with E-state index in [1.807, 2.05) is 13.8 Å². The molecular weight excluding hydrogens is 240 g/mol. The third-order valence-electron chi connectivity index (χ3n) is 2.98. The average molecular weight is 264 g/mol. The number of anilines is 1. The minimum atomic E-state index is -0.494. The maximum Gasteiger partial charge on any atom is 0.319 e. The smallest absolute Gasteiger partial charge is 0.319 e. The van der Waals surface area contributed by atoms with Crippen LogP contribution in [0.5, 0.6) is 0 Å². The number of amides is 2. The zero-order valence-electron chi connectivity index (χ0n) is 12.2. The van der Waals surface area contributed by atoms with Gasteiger partial charge in [-0.15, -0.1) is 0 Å². The van der Waals surface area contributed by atoms with Gasteiger partial charge in [0.05, 0.1) is 6.10 Å². The predicted molar refractivity (Wildman–Crippen MR) is 78.2 cm³/mol. The molecule has 2 amide bonds. The molecule has 0 radical (unpaired) electrons. The lowest BCUT2D eigenvalue weighted by Crippen LogP contribution is -2.45. The summed E-state index contributed by atoms with van der Waals surface area (Å²) in [7, 11) is 0. The first-order valence-electron chi connectivity index (χ1n) is 6.71. The molecule has 0 aliphatic heterocycles. The van der Waals surface area contributed by atoms with E-state index in [0.29, 0.717) is 5.69 Å². The Morgan fingerprint density at radius 3 is 2.37 bits per heavy atom. The normalized spacial score (nSPS) is 12.9. The summed E-state index contributed by atoms with van der Waals surface area (Å²) in [6.45, 7) is 7.82. The highest BCUT2D eigenvalue weighted by Gasteiger charge is 2.18. The van der Waals surface area contributed by atoms with Gasteiger partial charge in [-0.05, 0) is 44.9 Å². The van der Waals surface area contributed by atoms with Crippen LogP contribution in [0, 0.1) is 0 Å². The summed E-state index contributed by atoms with van der Waals surface area (Å²) in [5.74, 6) is 0. The van der Waals surface area contributed by atoms with Crippen molar-refractivity contribution in [2.75, 3.05) is 5.32 Å². The van der Waals surface area contributed by atoms with Crippen molar-refractivity contribution in [3.8, 4) is 0 Å². The topological polar surface area (TPSA) is 61.4 Å². The fourth-order valence-corrected chi connectivity index (χ4v) is 2.00. The van der Waals surface area contributed by atoms with Crippen LogP contribution in [0.3, 0.4) is 0 Å². The van der Waals surface area contributed by atoms with Crippen LogP contribution in [0.4, 0.5) is 10.5 Å². The van der Waals surface area contributed by atoms with Gasteiger partial charge in [-0.25, -0.2) is 4.79 Å². The zero-order valence-corrected chi connectivity index (χ0v) is 12.2. The number of aliphatic hydroxyl groups is 1. The van der Waals surface area contributed by atoms with Crippen LogP contribution in [-0.4, -0.2) is 16.7 Å². The maximum absolute atomic E-state index is 11.9. The summed E-state index contributed by atoms with van der Waals surface area (Å²) >= 11 is 0. The maximum atomic E-state index is 11.9. The van der Waals surface area contributed by atoms with Gasteiger partial charge in [0.15, 0.2) is 0 Å². The van der Waals surface area contributed by atoms with Crippen LogP contribution < -0.4 is 10.6 Å². The van der Waals surface area contributed by atoms with E-state index >= 15 is 0 Å². The third kappa shape index (κ3) is 5.30. The van der Waals surface area contributed by atoms with Gasteiger partial charge in [0.2, 0.25) is 0 Å².